The lowest BCUT2D eigenvalue weighted by molar-refractivity contribution is -0.00805. The van der Waals surface area contributed by atoms with Gasteiger partial charge in [0.2, 0.25) is 0 Å². The average molecular weight is 380 g/mol. The van der Waals surface area contributed by atoms with E-state index in [0.29, 0.717) is 13.2 Å². The number of aryl methyl sites for hydroxylation is 1. The van der Waals surface area contributed by atoms with Crippen LogP contribution in [0.4, 0.5) is 0 Å². The van der Waals surface area contributed by atoms with Crippen molar-refractivity contribution in [1.29, 1.82) is 0 Å². The third-order valence-corrected chi connectivity index (χ3v) is 4.70. The largest absolute Gasteiger partial charge is 0.370 e. The molecule has 0 radical (unpaired) electrons. The molecule has 4 heterocycles. The van der Waals surface area contributed by atoms with Gasteiger partial charge in [-0.15, -0.1) is 0 Å². The van der Waals surface area contributed by atoms with Gasteiger partial charge in [0.25, 0.3) is 0 Å². The molecule has 9 nitrogen and oxygen atoms in total. The van der Waals surface area contributed by atoms with E-state index in [4.69, 9.17) is 4.74 Å². The number of rotatable bonds is 4. The summed E-state index contributed by atoms with van der Waals surface area (Å²) in [5, 5.41) is 7.70. The van der Waals surface area contributed by atoms with E-state index >= 15 is 0 Å². The number of nitrogens with zero attached hydrogens (tertiary/aromatic N) is 7. The highest BCUT2D eigenvalue weighted by Crippen LogP contribution is 2.21. The third-order valence-electron chi connectivity index (χ3n) is 4.70. The lowest BCUT2D eigenvalue weighted by Crippen LogP contribution is -2.47. The minimum Gasteiger partial charge on any atom is -0.370 e. The second kappa shape index (κ2) is 8.22. The molecule has 0 amide bonds. The van der Waals surface area contributed by atoms with E-state index in [9.17, 15) is 0 Å². The number of imidazole rings is 1. The van der Waals surface area contributed by atoms with Gasteiger partial charge in [0, 0.05) is 57.5 Å². The lowest BCUT2D eigenvalue weighted by Gasteiger charge is -2.34. The van der Waals surface area contributed by atoms with Gasteiger partial charge < -0.3 is 15.0 Å². The number of ether oxygens (including phenoxy) is 1. The molecule has 0 bridgehead atoms. The second-order valence-corrected chi connectivity index (χ2v) is 6.65. The molecule has 0 spiro atoms. The molecule has 1 N–H and O–H groups in total. The Labute approximate surface area is 163 Å². The fourth-order valence-corrected chi connectivity index (χ4v) is 3.27. The number of hydrogen-bond donors (Lipinski definition) is 1. The molecule has 1 unspecified atom stereocenters. The van der Waals surface area contributed by atoms with Gasteiger partial charge in [-0.1, -0.05) is 0 Å². The highest BCUT2D eigenvalue weighted by Gasteiger charge is 2.25. The van der Waals surface area contributed by atoms with Crippen LogP contribution in [0.2, 0.25) is 0 Å². The van der Waals surface area contributed by atoms with Crippen LogP contribution < -0.4 is 5.32 Å². The van der Waals surface area contributed by atoms with Crippen molar-refractivity contribution < 1.29 is 4.74 Å². The van der Waals surface area contributed by atoms with Crippen molar-refractivity contribution in [2.75, 3.05) is 26.7 Å². The van der Waals surface area contributed by atoms with Crippen LogP contribution in [0.1, 0.15) is 17.2 Å². The van der Waals surface area contributed by atoms with Crippen molar-refractivity contribution in [3.05, 3.63) is 60.6 Å². The molecule has 9 heteroatoms. The number of pyridine rings is 1. The molecular formula is C19H24N8O. The van der Waals surface area contributed by atoms with Crippen molar-refractivity contribution in [1.82, 2.24) is 34.5 Å². The number of morpholine rings is 1. The van der Waals surface area contributed by atoms with Crippen LogP contribution in [0.5, 0.6) is 0 Å². The predicted octanol–water partition coefficient (Wildman–Crippen LogP) is 1.15. The van der Waals surface area contributed by atoms with Crippen molar-refractivity contribution in [2.45, 2.75) is 12.6 Å². The molecule has 3 aromatic rings. The smallest absolute Gasteiger partial charge is 0.194 e. The number of aliphatic imine (C=N–C) groups is 1. The van der Waals surface area contributed by atoms with E-state index in [1.54, 1.807) is 24.3 Å². The van der Waals surface area contributed by atoms with Crippen LogP contribution in [0, 0.1) is 0 Å². The molecule has 0 saturated carbocycles. The predicted molar refractivity (Wildman–Crippen MR) is 105 cm³/mol. The van der Waals surface area contributed by atoms with E-state index in [-0.39, 0.29) is 6.10 Å². The molecule has 4 rings (SSSR count). The Morgan fingerprint density at radius 1 is 1.39 bits per heavy atom. The highest BCUT2D eigenvalue weighted by molar-refractivity contribution is 5.80. The summed E-state index contributed by atoms with van der Waals surface area (Å²) >= 11 is 0. The Morgan fingerprint density at radius 2 is 2.32 bits per heavy atom. The minimum atomic E-state index is -0.00484. The SMILES string of the molecule is CN=C(NCc1ccnc(-n2ccnc2)c1)N1CCOC(c2cnn(C)c2)C1. The van der Waals surface area contributed by atoms with Crippen LogP contribution in [0.3, 0.4) is 0 Å². The van der Waals surface area contributed by atoms with Gasteiger partial charge in [-0.3, -0.25) is 14.2 Å². The highest BCUT2D eigenvalue weighted by atomic mass is 16.5. The van der Waals surface area contributed by atoms with E-state index in [1.807, 2.05) is 48.5 Å². The van der Waals surface area contributed by atoms with E-state index in [2.05, 4.69) is 30.3 Å². The van der Waals surface area contributed by atoms with Gasteiger partial charge >= 0.3 is 0 Å². The Balaban J connectivity index is 1.40. The third kappa shape index (κ3) is 4.04. The van der Waals surface area contributed by atoms with E-state index in [1.165, 1.54) is 0 Å². The van der Waals surface area contributed by atoms with Crippen molar-refractivity contribution in [3.63, 3.8) is 0 Å². The molecular weight excluding hydrogens is 356 g/mol. The first kappa shape index (κ1) is 18.2. The molecule has 0 aliphatic carbocycles. The summed E-state index contributed by atoms with van der Waals surface area (Å²) in [4.78, 5) is 15.1. The van der Waals surface area contributed by atoms with Gasteiger partial charge in [-0.05, 0) is 17.7 Å². The monoisotopic (exact) mass is 380 g/mol. The summed E-state index contributed by atoms with van der Waals surface area (Å²) in [6, 6.07) is 4.04. The summed E-state index contributed by atoms with van der Waals surface area (Å²) in [5.74, 6) is 1.70. The second-order valence-electron chi connectivity index (χ2n) is 6.65. The van der Waals surface area contributed by atoms with Crippen molar-refractivity contribution in [2.24, 2.45) is 12.0 Å². The first-order chi connectivity index (χ1) is 13.7. The van der Waals surface area contributed by atoms with Crippen LogP contribution >= 0.6 is 0 Å². The zero-order valence-corrected chi connectivity index (χ0v) is 16.1. The van der Waals surface area contributed by atoms with E-state index < -0.39 is 0 Å². The molecule has 1 fully saturated rings. The van der Waals surface area contributed by atoms with Gasteiger partial charge in [-0.25, -0.2) is 9.97 Å². The van der Waals surface area contributed by atoms with Crippen LogP contribution in [0.15, 0.2) is 54.4 Å². The quantitative estimate of drug-likeness (QED) is 0.540. The zero-order chi connectivity index (χ0) is 19.3. The molecule has 1 aliphatic heterocycles. The molecule has 146 valence electrons. The maximum Gasteiger partial charge on any atom is 0.194 e. The summed E-state index contributed by atoms with van der Waals surface area (Å²) in [7, 11) is 3.72. The lowest BCUT2D eigenvalue weighted by atomic mass is 10.1. The zero-order valence-electron chi connectivity index (χ0n) is 16.1. The minimum absolute atomic E-state index is 0.00484. The molecule has 28 heavy (non-hydrogen) atoms. The first-order valence-electron chi connectivity index (χ1n) is 9.22. The number of guanidine groups is 1. The molecule has 1 saturated heterocycles. The number of nitrogens with one attached hydrogen (secondary N) is 1. The van der Waals surface area contributed by atoms with E-state index in [0.717, 1.165) is 36.0 Å². The fraction of sp³-hybridized carbons (Fsp3) is 0.368. The fourth-order valence-electron chi connectivity index (χ4n) is 3.27. The summed E-state index contributed by atoms with van der Waals surface area (Å²) in [6.45, 7) is 2.85. The van der Waals surface area contributed by atoms with Gasteiger partial charge in [0.05, 0.1) is 19.3 Å². The van der Waals surface area contributed by atoms with Crippen molar-refractivity contribution >= 4 is 5.96 Å². The average Bonchev–Trinajstić information content (AvgIpc) is 3.41. The van der Waals surface area contributed by atoms with Gasteiger partial charge in [0.1, 0.15) is 18.2 Å². The number of hydrogen-bond acceptors (Lipinski definition) is 5. The molecule has 3 aromatic heterocycles. The van der Waals surface area contributed by atoms with Gasteiger partial charge in [0.15, 0.2) is 5.96 Å². The Bertz CT molecular complexity index is 933. The standard InChI is InChI=1S/C19H24N8O/c1-20-19(26-7-8-28-17(13-26)16-11-24-25(2)12-16)23-10-15-3-4-22-18(9-15)27-6-5-21-14-27/h3-6,9,11-12,14,17H,7-8,10,13H2,1-2H3,(H,20,23). The van der Waals surface area contributed by atoms with Gasteiger partial charge in [-0.2, -0.15) is 5.10 Å². The summed E-state index contributed by atoms with van der Waals surface area (Å²) < 4.78 is 9.61. The first-order valence-corrected chi connectivity index (χ1v) is 9.22. The topological polar surface area (TPSA) is 85.4 Å². The van der Waals surface area contributed by atoms with Crippen molar-refractivity contribution in [3.8, 4) is 5.82 Å². The van der Waals surface area contributed by atoms with Crippen LogP contribution in [-0.2, 0) is 18.3 Å². The maximum atomic E-state index is 5.93. The van der Waals surface area contributed by atoms with Crippen LogP contribution in [-0.4, -0.2) is 61.9 Å². The number of aromatic nitrogens is 5. The molecule has 1 atom stereocenters. The molecule has 1 aliphatic rings. The Hall–Kier alpha value is -3.20. The Morgan fingerprint density at radius 3 is 3.07 bits per heavy atom. The summed E-state index contributed by atoms with van der Waals surface area (Å²) in [6.07, 6.45) is 11.0. The Kier molecular flexibility index (Phi) is 5.34. The van der Waals surface area contributed by atoms with Crippen LogP contribution in [0.25, 0.3) is 5.82 Å². The molecule has 0 aromatic carbocycles. The normalized spacial score (nSPS) is 17.7. The summed E-state index contributed by atoms with van der Waals surface area (Å²) in [5.41, 5.74) is 2.21. The maximum absolute atomic E-state index is 5.93.